The molecule has 7 nitrogen and oxygen atoms in total. The van der Waals surface area contributed by atoms with Gasteiger partial charge >= 0.3 is 0 Å². The minimum Gasteiger partial charge on any atom is -0.379 e. The summed E-state index contributed by atoms with van der Waals surface area (Å²) in [6, 6.07) is 0. The second-order valence-electron chi connectivity index (χ2n) is 8.41. The molecular weight excluding hydrogens is 342 g/mol. The van der Waals surface area contributed by atoms with Crippen LogP contribution in [0.5, 0.6) is 0 Å². The second kappa shape index (κ2) is 10.3. The van der Waals surface area contributed by atoms with Crippen LogP contribution < -0.4 is 16.0 Å². The number of nitrogens with zero attached hydrogens (tertiary/aromatic N) is 2. The zero-order valence-electron chi connectivity index (χ0n) is 17.7. The van der Waals surface area contributed by atoms with Gasteiger partial charge in [-0.15, -0.1) is 0 Å². The number of hydrogen-bond acceptors (Lipinski definition) is 4. The molecule has 1 saturated heterocycles. The summed E-state index contributed by atoms with van der Waals surface area (Å²) in [6.07, 6.45) is 6.35. The monoisotopic (exact) mass is 381 g/mol. The zero-order valence-corrected chi connectivity index (χ0v) is 17.7. The lowest BCUT2D eigenvalue weighted by Crippen LogP contribution is -2.60. The first kappa shape index (κ1) is 22.0. The van der Waals surface area contributed by atoms with Crippen molar-refractivity contribution in [2.45, 2.75) is 58.4 Å². The largest absolute Gasteiger partial charge is 0.379 e. The van der Waals surface area contributed by atoms with Crippen LogP contribution in [0.1, 0.15) is 52.9 Å². The summed E-state index contributed by atoms with van der Waals surface area (Å²) in [5.41, 5.74) is -0.297. The van der Waals surface area contributed by atoms with Crippen LogP contribution in [-0.2, 0) is 9.53 Å². The van der Waals surface area contributed by atoms with Crippen molar-refractivity contribution in [2.75, 3.05) is 53.0 Å². The fourth-order valence-corrected chi connectivity index (χ4v) is 4.11. The molecule has 1 aliphatic heterocycles. The van der Waals surface area contributed by atoms with Gasteiger partial charge in [-0.2, -0.15) is 0 Å². The molecule has 0 radical (unpaired) electrons. The maximum absolute atomic E-state index is 12.2. The number of aliphatic imine (C=N–C) groups is 1. The fraction of sp³-hybridized carbons (Fsp3) is 0.900. The molecule has 27 heavy (non-hydrogen) atoms. The molecule has 0 spiro atoms. The Bertz CT molecular complexity index is 495. The predicted molar refractivity (Wildman–Crippen MR) is 110 cm³/mol. The van der Waals surface area contributed by atoms with Gasteiger partial charge in [0.05, 0.1) is 18.6 Å². The Morgan fingerprint density at radius 3 is 2.37 bits per heavy atom. The smallest absolute Gasteiger partial charge is 0.227 e. The van der Waals surface area contributed by atoms with Crippen LogP contribution in [0.15, 0.2) is 4.99 Å². The van der Waals surface area contributed by atoms with Crippen LogP contribution in [0.2, 0.25) is 0 Å². The van der Waals surface area contributed by atoms with Gasteiger partial charge in [0.1, 0.15) is 0 Å². The van der Waals surface area contributed by atoms with E-state index in [1.54, 1.807) is 7.05 Å². The van der Waals surface area contributed by atoms with E-state index in [4.69, 9.17) is 4.74 Å². The van der Waals surface area contributed by atoms with Gasteiger partial charge in [0, 0.05) is 45.3 Å². The standard InChI is InChI=1S/C20H39N5O2/c1-5-22-17(26)19(2,3)15-23-18(21-4)24-16-20(9-7-6-8-10-20)25-11-13-27-14-12-25/h5-16H2,1-4H3,(H,22,26)(H2,21,23,24). The molecule has 2 aliphatic rings. The van der Waals surface area contributed by atoms with E-state index in [1.807, 2.05) is 20.8 Å². The van der Waals surface area contributed by atoms with Crippen LogP contribution in [0.3, 0.4) is 0 Å². The summed E-state index contributed by atoms with van der Waals surface area (Å²) >= 11 is 0. The summed E-state index contributed by atoms with van der Waals surface area (Å²) in [5, 5.41) is 9.79. The van der Waals surface area contributed by atoms with E-state index in [0.717, 1.165) is 38.8 Å². The van der Waals surface area contributed by atoms with E-state index in [0.29, 0.717) is 13.1 Å². The van der Waals surface area contributed by atoms with Crippen molar-refractivity contribution in [1.82, 2.24) is 20.9 Å². The van der Waals surface area contributed by atoms with Gasteiger partial charge in [-0.1, -0.05) is 19.3 Å². The molecule has 156 valence electrons. The molecule has 2 rings (SSSR count). The van der Waals surface area contributed by atoms with Gasteiger partial charge in [-0.05, 0) is 33.6 Å². The first-order chi connectivity index (χ1) is 12.9. The topological polar surface area (TPSA) is 78.0 Å². The lowest BCUT2D eigenvalue weighted by Gasteiger charge is -2.48. The highest BCUT2D eigenvalue weighted by molar-refractivity contribution is 5.84. The molecule has 0 unspecified atom stereocenters. The maximum atomic E-state index is 12.2. The summed E-state index contributed by atoms with van der Waals surface area (Å²) < 4.78 is 5.56. The minimum atomic E-state index is -0.486. The fourth-order valence-electron chi connectivity index (χ4n) is 4.11. The van der Waals surface area contributed by atoms with Gasteiger partial charge in [0.25, 0.3) is 0 Å². The molecule has 3 N–H and O–H groups in total. The summed E-state index contributed by atoms with van der Waals surface area (Å²) in [5.74, 6) is 0.829. The van der Waals surface area contributed by atoms with Crippen molar-refractivity contribution in [3.05, 3.63) is 0 Å². The number of rotatable bonds is 7. The highest BCUT2D eigenvalue weighted by Crippen LogP contribution is 2.33. The molecule has 1 saturated carbocycles. The Kier molecular flexibility index (Phi) is 8.35. The molecule has 1 amide bonds. The quantitative estimate of drug-likeness (QED) is 0.458. The summed E-state index contributed by atoms with van der Waals surface area (Å²) in [4.78, 5) is 19.2. The number of hydrogen-bond donors (Lipinski definition) is 3. The lowest BCUT2D eigenvalue weighted by atomic mass is 9.80. The van der Waals surface area contributed by atoms with Crippen molar-refractivity contribution in [1.29, 1.82) is 0 Å². The van der Waals surface area contributed by atoms with E-state index < -0.39 is 5.41 Å². The first-order valence-electron chi connectivity index (χ1n) is 10.5. The van der Waals surface area contributed by atoms with E-state index in [-0.39, 0.29) is 11.4 Å². The summed E-state index contributed by atoms with van der Waals surface area (Å²) in [7, 11) is 1.79. The molecule has 0 aromatic carbocycles. The van der Waals surface area contributed by atoms with Gasteiger partial charge in [-0.3, -0.25) is 14.7 Å². The number of ether oxygens (including phenoxy) is 1. The van der Waals surface area contributed by atoms with E-state index in [9.17, 15) is 4.79 Å². The van der Waals surface area contributed by atoms with Crippen LogP contribution in [0.25, 0.3) is 0 Å². The molecule has 0 aromatic rings. The first-order valence-corrected chi connectivity index (χ1v) is 10.5. The average Bonchev–Trinajstić information content (AvgIpc) is 2.69. The highest BCUT2D eigenvalue weighted by Gasteiger charge is 2.38. The Morgan fingerprint density at radius 1 is 1.11 bits per heavy atom. The Balaban J connectivity index is 1.93. The van der Waals surface area contributed by atoms with Crippen LogP contribution >= 0.6 is 0 Å². The van der Waals surface area contributed by atoms with Crippen LogP contribution in [0.4, 0.5) is 0 Å². The predicted octanol–water partition coefficient (Wildman–Crippen LogP) is 1.35. The lowest BCUT2D eigenvalue weighted by molar-refractivity contribution is -0.128. The van der Waals surface area contributed by atoms with Crippen molar-refractivity contribution in [3.8, 4) is 0 Å². The van der Waals surface area contributed by atoms with Gasteiger partial charge < -0.3 is 20.7 Å². The maximum Gasteiger partial charge on any atom is 0.227 e. The van der Waals surface area contributed by atoms with Crippen molar-refractivity contribution in [2.24, 2.45) is 10.4 Å². The SMILES string of the molecule is CCNC(=O)C(C)(C)CNC(=NC)NCC1(N2CCOCC2)CCCCC1. The van der Waals surface area contributed by atoms with Gasteiger partial charge in [-0.25, -0.2) is 0 Å². The third-order valence-electron chi connectivity index (χ3n) is 5.92. The Hall–Kier alpha value is -1.34. The Morgan fingerprint density at radius 2 is 1.78 bits per heavy atom. The molecule has 1 heterocycles. The highest BCUT2D eigenvalue weighted by atomic mass is 16.5. The third-order valence-corrected chi connectivity index (χ3v) is 5.92. The van der Waals surface area contributed by atoms with Gasteiger partial charge in [0.2, 0.25) is 5.91 Å². The van der Waals surface area contributed by atoms with E-state index >= 15 is 0 Å². The molecule has 7 heteroatoms. The summed E-state index contributed by atoms with van der Waals surface area (Å²) in [6.45, 7) is 11.6. The number of amides is 1. The molecule has 0 bridgehead atoms. The minimum absolute atomic E-state index is 0.0602. The number of nitrogens with one attached hydrogen (secondary N) is 3. The van der Waals surface area contributed by atoms with E-state index in [2.05, 4.69) is 25.8 Å². The number of carbonyl (C=O) groups is 1. The molecule has 0 atom stereocenters. The van der Waals surface area contributed by atoms with Crippen molar-refractivity contribution >= 4 is 11.9 Å². The van der Waals surface area contributed by atoms with Crippen molar-refractivity contribution < 1.29 is 9.53 Å². The molecular formula is C20H39N5O2. The third kappa shape index (κ3) is 6.07. The molecule has 0 aromatic heterocycles. The number of carbonyl (C=O) groups excluding carboxylic acids is 1. The van der Waals surface area contributed by atoms with Gasteiger partial charge in [0.15, 0.2) is 5.96 Å². The van der Waals surface area contributed by atoms with Crippen molar-refractivity contribution in [3.63, 3.8) is 0 Å². The zero-order chi connectivity index (χ0) is 19.8. The second-order valence-corrected chi connectivity index (χ2v) is 8.41. The number of guanidine groups is 1. The Labute approximate surface area is 164 Å². The molecule has 2 fully saturated rings. The van der Waals surface area contributed by atoms with Crippen LogP contribution in [-0.4, -0.2) is 75.3 Å². The molecule has 1 aliphatic carbocycles. The van der Waals surface area contributed by atoms with E-state index in [1.165, 1.54) is 32.1 Å². The normalized spacial score (nSPS) is 21.6. The van der Waals surface area contributed by atoms with Crippen LogP contribution in [0, 0.1) is 5.41 Å². The number of morpholine rings is 1. The average molecular weight is 382 g/mol.